The lowest BCUT2D eigenvalue weighted by Gasteiger charge is -1.84. The number of hydrogen-bond acceptors (Lipinski definition) is 1. The lowest BCUT2D eigenvalue weighted by Crippen LogP contribution is -1.73. The van der Waals surface area contributed by atoms with Gasteiger partial charge in [-0.25, -0.2) is 0 Å². The monoisotopic (exact) mass is 134 g/mol. The summed E-state index contributed by atoms with van der Waals surface area (Å²) in [7, 11) is 0. The number of allylic oxidation sites excluding steroid dienone is 2. The molecule has 0 aliphatic heterocycles. The zero-order valence-corrected chi connectivity index (χ0v) is 5.96. The summed E-state index contributed by atoms with van der Waals surface area (Å²) in [5.41, 5.74) is 2.19. The first-order valence-corrected chi connectivity index (χ1v) is 3.13. The Kier molecular flexibility index (Phi) is 2.05. The molecule has 52 valence electrons. The van der Waals surface area contributed by atoms with Crippen molar-refractivity contribution in [2.24, 2.45) is 0 Å². The van der Waals surface area contributed by atoms with Crippen LogP contribution in [0, 0.1) is 6.92 Å². The quantitative estimate of drug-likeness (QED) is 0.615. The van der Waals surface area contributed by atoms with Crippen molar-refractivity contribution in [2.45, 2.75) is 6.92 Å². The summed E-state index contributed by atoms with van der Waals surface area (Å²) in [5.74, 6) is 0. The van der Waals surface area contributed by atoms with Crippen LogP contribution in [0.15, 0.2) is 24.9 Å². The molecule has 1 heterocycles. The largest absolute Gasteiger partial charge is 0.278 e. The highest BCUT2D eigenvalue weighted by atomic mass is 15.1. The molecule has 0 aliphatic carbocycles. The van der Waals surface area contributed by atoms with E-state index < -0.39 is 0 Å². The average molecular weight is 134 g/mol. The smallest absolute Gasteiger partial charge is 0.0606 e. The zero-order valence-electron chi connectivity index (χ0n) is 5.96. The highest BCUT2D eigenvalue weighted by Crippen LogP contribution is 2.03. The summed E-state index contributed by atoms with van der Waals surface area (Å²) in [6, 6.07) is 0. The summed E-state index contributed by atoms with van der Waals surface area (Å²) in [5, 5.41) is 6.72. The third kappa shape index (κ3) is 1.35. The lowest BCUT2D eigenvalue weighted by molar-refractivity contribution is 1.08. The van der Waals surface area contributed by atoms with Crippen molar-refractivity contribution < 1.29 is 0 Å². The molecule has 0 saturated carbocycles. The number of H-pyrrole nitrogens is 1. The number of aromatic nitrogens is 2. The van der Waals surface area contributed by atoms with Crippen LogP contribution in [-0.4, -0.2) is 10.2 Å². The zero-order chi connectivity index (χ0) is 7.40. The van der Waals surface area contributed by atoms with E-state index in [9.17, 15) is 0 Å². The van der Waals surface area contributed by atoms with Crippen LogP contribution in [0.25, 0.3) is 6.08 Å². The van der Waals surface area contributed by atoms with Crippen molar-refractivity contribution in [1.82, 2.24) is 10.2 Å². The Balaban J connectivity index is 2.83. The minimum Gasteiger partial charge on any atom is -0.278 e. The maximum absolute atomic E-state index is 3.86. The Labute approximate surface area is 60.3 Å². The van der Waals surface area contributed by atoms with Crippen molar-refractivity contribution in [2.75, 3.05) is 0 Å². The van der Waals surface area contributed by atoms with Crippen molar-refractivity contribution in [3.05, 3.63) is 36.2 Å². The molecule has 1 aromatic heterocycles. The van der Waals surface area contributed by atoms with E-state index in [1.54, 1.807) is 12.3 Å². The second kappa shape index (κ2) is 3.01. The third-order valence-corrected chi connectivity index (χ3v) is 1.27. The van der Waals surface area contributed by atoms with Gasteiger partial charge in [0.25, 0.3) is 0 Å². The maximum Gasteiger partial charge on any atom is 0.0606 e. The molecule has 0 atom stereocenters. The van der Waals surface area contributed by atoms with Gasteiger partial charge < -0.3 is 0 Å². The SMILES string of the molecule is C=C/C=C\c1[nH]ncc1C. The molecular formula is C8H10N2. The van der Waals surface area contributed by atoms with Gasteiger partial charge >= 0.3 is 0 Å². The van der Waals surface area contributed by atoms with Crippen LogP contribution in [0.5, 0.6) is 0 Å². The minimum absolute atomic E-state index is 1.04. The minimum atomic E-state index is 1.04. The first-order chi connectivity index (χ1) is 4.84. The molecular weight excluding hydrogens is 124 g/mol. The van der Waals surface area contributed by atoms with Crippen LogP contribution < -0.4 is 0 Å². The second-order valence-electron chi connectivity index (χ2n) is 2.06. The Hall–Kier alpha value is -1.31. The molecule has 10 heavy (non-hydrogen) atoms. The first-order valence-electron chi connectivity index (χ1n) is 3.13. The summed E-state index contributed by atoms with van der Waals surface area (Å²) >= 11 is 0. The van der Waals surface area contributed by atoms with Crippen LogP contribution in [0.2, 0.25) is 0 Å². The number of rotatable bonds is 2. The number of nitrogens with one attached hydrogen (secondary N) is 1. The van der Waals surface area contributed by atoms with E-state index in [0.29, 0.717) is 0 Å². The van der Waals surface area contributed by atoms with E-state index in [-0.39, 0.29) is 0 Å². The lowest BCUT2D eigenvalue weighted by atomic mass is 10.2. The summed E-state index contributed by atoms with van der Waals surface area (Å²) in [6.45, 7) is 5.57. The van der Waals surface area contributed by atoms with Gasteiger partial charge in [-0.1, -0.05) is 18.7 Å². The van der Waals surface area contributed by atoms with Gasteiger partial charge in [0, 0.05) is 0 Å². The van der Waals surface area contributed by atoms with Gasteiger partial charge in [-0.05, 0) is 18.6 Å². The molecule has 1 aromatic rings. The van der Waals surface area contributed by atoms with Gasteiger partial charge in [-0.15, -0.1) is 0 Å². The summed E-state index contributed by atoms with van der Waals surface area (Å²) in [6.07, 6.45) is 7.35. The predicted octanol–water partition coefficient (Wildman–Crippen LogP) is 1.92. The van der Waals surface area contributed by atoms with Gasteiger partial charge in [0.1, 0.15) is 0 Å². The average Bonchev–Trinajstić information content (AvgIpc) is 2.31. The van der Waals surface area contributed by atoms with Crippen LogP contribution in [0.3, 0.4) is 0 Å². The van der Waals surface area contributed by atoms with Gasteiger partial charge in [0.2, 0.25) is 0 Å². The maximum atomic E-state index is 3.86. The van der Waals surface area contributed by atoms with E-state index in [1.165, 1.54) is 0 Å². The number of aryl methyl sites for hydroxylation is 1. The molecule has 0 saturated heterocycles. The van der Waals surface area contributed by atoms with Crippen LogP contribution in [0.4, 0.5) is 0 Å². The van der Waals surface area contributed by atoms with Crippen LogP contribution in [0.1, 0.15) is 11.3 Å². The molecule has 0 aromatic carbocycles. The molecule has 0 spiro atoms. The molecule has 0 aliphatic rings. The highest BCUT2D eigenvalue weighted by Gasteiger charge is 1.91. The van der Waals surface area contributed by atoms with Crippen LogP contribution in [-0.2, 0) is 0 Å². The van der Waals surface area contributed by atoms with E-state index >= 15 is 0 Å². The summed E-state index contributed by atoms with van der Waals surface area (Å²) < 4.78 is 0. The highest BCUT2D eigenvalue weighted by molar-refractivity contribution is 5.49. The molecule has 0 unspecified atom stereocenters. The van der Waals surface area contributed by atoms with E-state index in [4.69, 9.17) is 0 Å². The predicted molar refractivity (Wildman–Crippen MR) is 42.6 cm³/mol. The fraction of sp³-hybridized carbons (Fsp3) is 0.125. The van der Waals surface area contributed by atoms with E-state index in [1.807, 2.05) is 19.1 Å². The van der Waals surface area contributed by atoms with Gasteiger partial charge in [-0.3, -0.25) is 5.10 Å². The van der Waals surface area contributed by atoms with Gasteiger partial charge in [0.05, 0.1) is 11.9 Å². The fourth-order valence-corrected chi connectivity index (χ4v) is 0.689. The molecule has 0 bridgehead atoms. The molecule has 0 radical (unpaired) electrons. The number of aromatic amines is 1. The molecule has 2 nitrogen and oxygen atoms in total. The molecule has 0 amide bonds. The standard InChI is InChI=1S/C8H10N2/c1-3-4-5-8-7(2)6-9-10-8/h3-6H,1H2,2H3,(H,9,10)/b5-4-. The first kappa shape index (κ1) is 6.81. The molecule has 0 fully saturated rings. The van der Waals surface area contributed by atoms with Gasteiger partial charge in [0.15, 0.2) is 0 Å². The molecule has 2 heteroatoms. The molecule has 1 rings (SSSR count). The van der Waals surface area contributed by atoms with Crippen molar-refractivity contribution in [3.8, 4) is 0 Å². The number of hydrogen-bond donors (Lipinski definition) is 1. The van der Waals surface area contributed by atoms with E-state index in [0.717, 1.165) is 11.3 Å². The second-order valence-corrected chi connectivity index (χ2v) is 2.06. The van der Waals surface area contributed by atoms with Gasteiger partial charge in [-0.2, -0.15) is 5.10 Å². The Morgan fingerprint density at radius 3 is 3.00 bits per heavy atom. The van der Waals surface area contributed by atoms with Crippen LogP contribution >= 0.6 is 0 Å². The summed E-state index contributed by atoms with van der Waals surface area (Å²) in [4.78, 5) is 0. The van der Waals surface area contributed by atoms with Crippen molar-refractivity contribution >= 4 is 6.08 Å². The van der Waals surface area contributed by atoms with Crippen molar-refractivity contribution in [3.63, 3.8) is 0 Å². The molecule has 1 N–H and O–H groups in total. The fourth-order valence-electron chi connectivity index (χ4n) is 0.689. The Morgan fingerprint density at radius 2 is 2.50 bits per heavy atom. The third-order valence-electron chi connectivity index (χ3n) is 1.27. The Bertz CT molecular complexity index is 246. The number of nitrogens with zero attached hydrogens (tertiary/aromatic N) is 1. The Morgan fingerprint density at radius 1 is 1.70 bits per heavy atom. The topological polar surface area (TPSA) is 28.7 Å². The van der Waals surface area contributed by atoms with E-state index in [2.05, 4.69) is 16.8 Å². The van der Waals surface area contributed by atoms with Crippen molar-refractivity contribution in [1.29, 1.82) is 0 Å². The normalized spacial score (nSPS) is 10.5.